The molecule has 0 radical (unpaired) electrons. The maximum atomic E-state index is 12.8. The van der Waals surface area contributed by atoms with Gasteiger partial charge < -0.3 is 19.7 Å². The van der Waals surface area contributed by atoms with Gasteiger partial charge in [0.2, 0.25) is 5.91 Å². The normalized spacial score (nSPS) is 13.9. The lowest BCUT2D eigenvalue weighted by molar-refractivity contribution is -0.384. The van der Waals surface area contributed by atoms with Gasteiger partial charge in [0.05, 0.1) is 30.3 Å². The van der Waals surface area contributed by atoms with Gasteiger partial charge in [0.1, 0.15) is 5.69 Å². The third-order valence-corrected chi connectivity index (χ3v) is 5.33. The van der Waals surface area contributed by atoms with E-state index < -0.39 is 16.9 Å². The molecule has 1 aliphatic heterocycles. The molecule has 0 saturated carbocycles. The molecule has 1 N–H and O–H groups in total. The Hall–Kier alpha value is -3.95. The van der Waals surface area contributed by atoms with E-state index in [1.807, 2.05) is 4.90 Å². The molecule has 0 bridgehead atoms. The van der Waals surface area contributed by atoms with Crippen LogP contribution in [0.1, 0.15) is 33.6 Å². The van der Waals surface area contributed by atoms with Gasteiger partial charge in [-0.15, -0.1) is 0 Å². The van der Waals surface area contributed by atoms with Crippen molar-refractivity contribution < 1.29 is 28.8 Å². The first-order valence-corrected chi connectivity index (χ1v) is 9.95. The standard InChI is InChI=1S/C22H23N3O7/c1-31-21(27)15-11-16(22(28)32-2)13-17(12-15)23-20(26)14-7-9-24(10-8-14)18-5-3-4-6-19(18)25(29)30/h3-6,11-14H,7-10H2,1-2H3,(H,23,26). The second-order valence-electron chi connectivity index (χ2n) is 7.28. The van der Waals surface area contributed by atoms with E-state index in [0.717, 1.165) is 0 Å². The molecular formula is C22H23N3O7. The topological polar surface area (TPSA) is 128 Å². The van der Waals surface area contributed by atoms with Crippen molar-refractivity contribution >= 4 is 34.9 Å². The lowest BCUT2D eigenvalue weighted by atomic mass is 9.95. The fraction of sp³-hybridized carbons (Fsp3) is 0.318. The van der Waals surface area contributed by atoms with Crippen LogP contribution in [0.5, 0.6) is 0 Å². The Kier molecular flexibility index (Phi) is 7.04. The summed E-state index contributed by atoms with van der Waals surface area (Å²) in [5, 5.41) is 14.0. The molecule has 0 atom stereocenters. The van der Waals surface area contributed by atoms with Crippen molar-refractivity contribution in [1.29, 1.82) is 0 Å². The number of benzene rings is 2. The molecule has 10 heteroatoms. The summed E-state index contributed by atoms with van der Waals surface area (Å²) < 4.78 is 9.41. The average molecular weight is 441 g/mol. The van der Waals surface area contributed by atoms with Crippen LogP contribution in [0.25, 0.3) is 0 Å². The Labute approximate surface area is 184 Å². The van der Waals surface area contributed by atoms with E-state index in [2.05, 4.69) is 5.32 Å². The molecule has 2 aromatic rings. The monoisotopic (exact) mass is 441 g/mol. The number of rotatable bonds is 6. The van der Waals surface area contributed by atoms with E-state index in [-0.39, 0.29) is 34.3 Å². The number of amides is 1. The van der Waals surface area contributed by atoms with Crippen LogP contribution in [-0.2, 0) is 14.3 Å². The molecule has 1 fully saturated rings. The molecule has 168 valence electrons. The predicted octanol–water partition coefficient (Wildman–Crippen LogP) is 3.02. The van der Waals surface area contributed by atoms with E-state index in [4.69, 9.17) is 9.47 Å². The zero-order chi connectivity index (χ0) is 23.3. The Morgan fingerprint density at radius 1 is 1.00 bits per heavy atom. The van der Waals surface area contributed by atoms with Crippen molar-refractivity contribution in [1.82, 2.24) is 0 Å². The summed E-state index contributed by atoms with van der Waals surface area (Å²) in [6.45, 7) is 0.969. The fourth-order valence-corrected chi connectivity index (χ4v) is 3.68. The molecule has 0 aliphatic carbocycles. The van der Waals surface area contributed by atoms with E-state index >= 15 is 0 Å². The third-order valence-electron chi connectivity index (χ3n) is 5.33. The highest BCUT2D eigenvalue weighted by Crippen LogP contribution is 2.31. The highest BCUT2D eigenvalue weighted by atomic mass is 16.6. The molecule has 1 saturated heterocycles. The van der Waals surface area contributed by atoms with E-state index in [0.29, 0.717) is 31.6 Å². The summed E-state index contributed by atoms with van der Waals surface area (Å²) in [7, 11) is 2.44. The third kappa shape index (κ3) is 5.02. The van der Waals surface area contributed by atoms with Gasteiger partial charge >= 0.3 is 11.9 Å². The van der Waals surface area contributed by atoms with Crippen molar-refractivity contribution in [3.8, 4) is 0 Å². The van der Waals surface area contributed by atoms with Crippen molar-refractivity contribution in [2.45, 2.75) is 12.8 Å². The second kappa shape index (κ2) is 9.90. The van der Waals surface area contributed by atoms with E-state index in [9.17, 15) is 24.5 Å². The van der Waals surface area contributed by atoms with Crippen LogP contribution in [0, 0.1) is 16.0 Å². The second-order valence-corrected chi connectivity index (χ2v) is 7.28. The SMILES string of the molecule is COC(=O)c1cc(NC(=O)C2CCN(c3ccccc3[N+](=O)[O-])CC2)cc(C(=O)OC)c1. The maximum absolute atomic E-state index is 12.8. The highest BCUT2D eigenvalue weighted by Gasteiger charge is 2.28. The van der Waals surface area contributed by atoms with Crippen LogP contribution < -0.4 is 10.2 Å². The summed E-state index contributed by atoms with van der Waals surface area (Å²) in [4.78, 5) is 49.4. The Morgan fingerprint density at radius 2 is 1.56 bits per heavy atom. The number of nitrogens with zero attached hydrogens (tertiary/aromatic N) is 2. The number of nitro benzene ring substituents is 1. The molecule has 0 spiro atoms. The molecule has 1 aliphatic rings. The molecule has 0 aromatic heterocycles. The molecule has 32 heavy (non-hydrogen) atoms. The van der Waals surface area contributed by atoms with Crippen LogP contribution in [0.2, 0.25) is 0 Å². The van der Waals surface area contributed by atoms with Crippen LogP contribution in [-0.4, -0.2) is 50.1 Å². The maximum Gasteiger partial charge on any atom is 0.337 e. The van der Waals surface area contributed by atoms with Gasteiger partial charge in [-0.3, -0.25) is 14.9 Å². The molecule has 1 amide bonds. The number of piperidine rings is 1. The Morgan fingerprint density at radius 3 is 2.09 bits per heavy atom. The van der Waals surface area contributed by atoms with Gasteiger partial charge in [0.15, 0.2) is 0 Å². The van der Waals surface area contributed by atoms with Gasteiger partial charge in [-0.2, -0.15) is 0 Å². The fourth-order valence-electron chi connectivity index (χ4n) is 3.68. The van der Waals surface area contributed by atoms with Gasteiger partial charge in [0, 0.05) is 30.8 Å². The number of nitrogens with one attached hydrogen (secondary N) is 1. The molecule has 0 unspecified atom stereocenters. The average Bonchev–Trinajstić information content (AvgIpc) is 2.82. The first-order valence-electron chi connectivity index (χ1n) is 9.95. The largest absolute Gasteiger partial charge is 0.465 e. The van der Waals surface area contributed by atoms with Gasteiger partial charge in [-0.05, 0) is 37.1 Å². The highest BCUT2D eigenvalue weighted by molar-refractivity contribution is 6.00. The minimum atomic E-state index is -0.649. The summed E-state index contributed by atoms with van der Waals surface area (Å²) >= 11 is 0. The molecule has 3 rings (SSSR count). The summed E-state index contributed by atoms with van der Waals surface area (Å²) in [5.74, 6) is -1.88. The number of nitro groups is 1. The number of hydrogen-bond acceptors (Lipinski definition) is 8. The number of anilines is 2. The van der Waals surface area contributed by atoms with Crippen molar-refractivity contribution in [3.63, 3.8) is 0 Å². The van der Waals surface area contributed by atoms with Crippen molar-refractivity contribution in [3.05, 3.63) is 63.7 Å². The molecule has 10 nitrogen and oxygen atoms in total. The first kappa shape index (κ1) is 22.7. The minimum absolute atomic E-state index is 0.0327. The zero-order valence-electron chi connectivity index (χ0n) is 17.7. The number of methoxy groups -OCH3 is 2. The lowest BCUT2D eigenvalue weighted by Crippen LogP contribution is -2.38. The smallest absolute Gasteiger partial charge is 0.337 e. The summed E-state index contributed by atoms with van der Waals surface area (Å²) in [6.07, 6.45) is 0.997. The predicted molar refractivity (Wildman–Crippen MR) is 116 cm³/mol. The van der Waals surface area contributed by atoms with E-state index in [1.165, 1.54) is 38.5 Å². The quantitative estimate of drug-likeness (QED) is 0.412. The Balaban J connectivity index is 1.71. The van der Waals surface area contributed by atoms with Gasteiger partial charge in [0.25, 0.3) is 5.69 Å². The molecule has 2 aromatic carbocycles. The van der Waals surface area contributed by atoms with Gasteiger partial charge in [-0.25, -0.2) is 9.59 Å². The van der Waals surface area contributed by atoms with Crippen molar-refractivity contribution in [2.24, 2.45) is 5.92 Å². The van der Waals surface area contributed by atoms with Crippen LogP contribution in [0.15, 0.2) is 42.5 Å². The number of hydrogen-bond donors (Lipinski definition) is 1. The number of ether oxygens (including phenoxy) is 2. The minimum Gasteiger partial charge on any atom is -0.465 e. The molecule has 1 heterocycles. The summed E-state index contributed by atoms with van der Waals surface area (Å²) in [5.41, 5.74) is 1.06. The number of carbonyl (C=O) groups excluding carboxylic acids is 3. The van der Waals surface area contributed by atoms with Crippen molar-refractivity contribution in [2.75, 3.05) is 37.5 Å². The number of esters is 2. The van der Waals surface area contributed by atoms with Crippen LogP contribution in [0.3, 0.4) is 0 Å². The Bertz CT molecular complexity index is 1010. The first-order chi connectivity index (χ1) is 15.3. The molecular weight excluding hydrogens is 418 g/mol. The van der Waals surface area contributed by atoms with Crippen LogP contribution in [0.4, 0.5) is 17.1 Å². The van der Waals surface area contributed by atoms with Gasteiger partial charge in [-0.1, -0.05) is 12.1 Å². The zero-order valence-corrected chi connectivity index (χ0v) is 17.7. The summed E-state index contributed by atoms with van der Waals surface area (Å²) in [6, 6.07) is 10.7. The van der Waals surface area contributed by atoms with Crippen LogP contribution >= 0.6 is 0 Å². The number of carbonyl (C=O) groups is 3. The number of para-hydroxylation sites is 2. The van der Waals surface area contributed by atoms with E-state index in [1.54, 1.807) is 18.2 Å². The lowest BCUT2D eigenvalue weighted by Gasteiger charge is -2.32.